The number of Topliss-reactive ketones (excluding diaryl/α,β-unsaturated/α-hetero) is 1. The van der Waals surface area contributed by atoms with Crippen molar-refractivity contribution < 1.29 is 23.1 Å². The summed E-state index contributed by atoms with van der Waals surface area (Å²) < 4.78 is 36.8. The fourth-order valence-corrected chi connectivity index (χ4v) is 1.54. The second kappa shape index (κ2) is 4.45. The summed E-state index contributed by atoms with van der Waals surface area (Å²) in [5, 5.41) is 9.39. The second-order valence-electron chi connectivity index (χ2n) is 3.24. The molecule has 0 aliphatic carbocycles. The summed E-state index contributed by atoms with van der Waals surface area (Å²) in [4.78, 5) is 10.2. The van der Waals surface area contributed by atoms with E-state index in [2.05, 4.69) is 15.9 Å². The van der Waals surface area contributed by atoms with Crippen molar-refractivity contribution in [3.8, 4) is 5.75 Å². The van der Waals surface area contributed by atoms with Crippen molar-refractivity contribution in [3.63, 3.8) is 0 Å². The Morgan fingerprint density at radius 3 is 2.38 bits per heavy atom. The standard InChI is InChI=1S/C10H8BrF3O2/c1-5(15)9(11)7-3-2-6(4-8(7)16)10(12,13)14/h2-4,9,16H,1H3. The number of ketones is 1. The molecule has 6 heteroatoms. The second-order valence-corrected chi connectivity index (χ2v) is 4.16. The molecule has 1 aromatic rings. The van der Waals surface area contributed by atoms with Crippen molar-refractivity contribution in [1.82, 2.24) is 0 Å². The van der Waals surface area contributed by atoms with Crippen LogP contribution >= 0.6 is 15.9 Å². The molecule has 1 rings (SSSR count). The van der Waals surface area contributed by atoms with Crippen LogP contribution in [0.15, 0.2) is 18.2 Å². The molecule has 0 aromatic heterocycles. The van der Waals surface area contributed by atoms with E-state index in [4.69, 9.17) is 0 Å². The third-order valence-corrected chi connectivity index (χ3v) is 3.13. The zero-order valence-electron chi connectivity index (χ0n) is 8.18. The van der Waals surface area contributed by atoms with Crippen LogP contribution in [-0.2, 0) is 11.0 Å². The molecule has 0 aliphatic heterocycles. The van der Waals surface area contributed by atoms with Gasteiger partial charge in [0.1, 0.15) is 16.4 Å². The summed E-state index contributed by atoms with van der Waals surface area (Å²) in [6, 6.07) is 2.51. The van der Waals surface area contributed by atoms with Gasteiger partial charge in [-0.25, -0.2) is 0 Å². The molecule has 0 radical (unpaired) electrons. The number of hydrogen-bond acceptors (Lipinski definition) is 2. The summed E-state index contributed by atoms with van der Waals surface area (Å²) in [5.41, 5.74) is -0.822. The lowest BCUT2D eigenvalue weighted by Gasteiger charge is -2.12. The van der Waals surface area contributed by atoms with E-state index in [0.29, 0.717) is 6.07 Å². The average molecular weight is 297 g/mol. The zero-order valence-corrected chi connectivity index (χ0v) is 9.76. The van der Waals surface area contributed by atoms with Crippen molar-refractivity contribution in [2.24, 2.45) is 0 Å². The van der Waals surface area contributed by atoms with E-state index in [1.807, 2.05) is 0 Å². The van der Waals surface area contributed by atoms with Gasteiger partial charge in [0, 0.05) is 5.56 Å². The molecule has 1 unspecified atom stereocenters. The molecule has 0 heterocycles. The first-order chi connectivity index (χ1) is 7.23. The molecule has 0 saturated carbocycles. The number of aromatic hydroxyl groups is 1. The minimum atomic E-state index is -4.51. The monoisotopic (exact) mass is 296 g/mol. The number of carbonyl (C=O) groups is 1. The number of benzene rings is 1. The van der Waals surface area contributed by atoms with Gasteiger partial charge in [-0.15, -0.1) is 0 Å². The van der Waals surface area contributed by atoms with Gasteiger partial charge in [-0.2, -0.15) is 13.2 Å². The predicted molar refractivity (Wildman–Crippen MR) is 55.5 cm³/mol. The van der Waals surface area contributed by atoms with Crippen LogP contribution in [0.2, 0.25) is 0 Å². The first-order valence-electron chi connectivity index (χ1n) is 4.28. The van der Waals surface area contributed by atoms with E-state index in [-0.39, 0.29) is 11.3 Å². The van der Waals surface area contributed by atoms with E-state index in [1.165, 1.54) is 6.92 Å². The summed E-state index contributed by atoms with van der Waals surface area (Å²) in [6.07, 6.45) is -4.51. The van der Waals surface area contributed by atoms with Gasteiger partial charge in [-0.05, 0) is 19.1 Å². The Morgan fingerprint density at radius 1 is 1.44 bits per heavy atom. The Labute approximate surface area is 98.2 Å². The molecule has 0 spiro atoms. The van der Waals surface area contributed by atoms with Gasteiger partial charge < -0.3 is 5.11 Å². The van der Waals surface area contributed by atoms with Crippen molar-refractivity contribution in [2.75, 3.05) is 0 Å². The number of rotatable bonds is 2. The normalized spacial score (nSPS) is 13.6. The van der Waals surface area contributed by atoms with Crippen molar-refractivity contribution in [2.45, 2.75) is 17.9 Å². The third-order valence-electron chi connectivity index (χ3n) is 1.99. The highest BCUT2D eigenvalue weighted by Gasteiger charge is 2.31. The average Bonchev–Trinajstić information content (AvgIpc) is 2.15. The van der Waals surface area contributed by atoms with Crippen LogP contribution in [0.1, 0.15) is 22.9 Å². The molecule has 2 nitrogen and oxygen atoms in total. The molecule has 1 aromatic carbocycles. The molecule has 0 amide bonds. The maximum absolute atomic E-state index is 12.3. The number of phenols is 1. The maximum atomic E-state index is 12.3. The molecule has 0 bridgehead atoms. The van der Waals surface area contributed by atoms with E-state index in [0.717, 1.165) is 12.1 Å². The van der Waals surface area contributed by atoms with Gasteiger partial charge in [-0.3, -0.25) is 4.79 Å². The minimum Gasteiger partial charge on any atom is -0.508 e. The lowest BCUT2D eigenvalue weighted by Crippen LogP contribution is -2.06. The Bertz CT molecular complexity index is 415. The number of hydrogen-bond donors (Lipinski definition) is 1. The lowest BCUT2D eigenvalue weighted by molar-refractivity contribution is -0.137. The van der Waals surface area contributed by atoms with Gasteiger partial charge in [-0.1, -0.05) is 22.0 Å². The van der Waals surface area contributed by atoms with Crippen LogP contribution < -0.4 is 0 Å². The summed E-state index contributed by atoms with van der Waals surface area (Å²) in [7, 11) is 0. The van der Waals surface area contributed by atoms with Gasteiger partial charge in [0.15, 0.2) is 0 Å². The summed E-state index contributed by atoms with van der Waals surface area (Å²) in [5.74, 6) is -0.845. The minimum absolute atomic E-state index is 0.125. The van der Waals surface area contributed by atoms with Crippen LogP contribution in [0.4, 0.5) is 13.2 Å². The number of phenolic OH excluding ortho intramolecular Hbond substituents is 1. The first-order valence-corrected chi connectivity index (χ1v) is 5.19. The van der Waals surface area contributed by atoms with Crippen LogP contribution in [0.5, 0.6) is 5.75 Å². The fourth-order valence-electron chi connectivity index (χ4n) is 1.15. The first kappa shape index (κ1) is 13.0. The lowest BCUT2D eigenvalue weighted by atomic mass is 10.1. The van der Waals surface area contributed by atoms with Gasteiger partial charge >= 0.3 is 6.18 Å². The van der Waals surface area contributed by atoms with Gasteiger partial charge in [0.2, 0.25) is 0 Å². The molecule has 0 saturated heterocycles. The Balaban J connectivity index is 3.15. The summed E-state index contributed by atoms with van der Waals surface area (Å²) >= 11 is 2.99. The van der Waals surface area contributed by atoms with Crippen LogP contribution in [0.25, 0.3) is 0 Å². The molecule has 16 heavy (non-hydrogen) atoms. The number of halogens is 4. The van der Waals surface area contributed by atoms with Crippen molar-refractivity contribution in [3.05, 3.63) is 29.3 Å². The molecule has 88 valence electrons. The van der Waals surface area contributed by atoms with E-state index >= 15 is 0 Å². The van der Waals surface area contributed by atoms with Gasteiger partial charge in [0.25, 0.3) is 0 Å². The largest absolute Gasteiger partial charge is 0.508 e. The molecule has 0 aliphatic rings. The van der Waals surface area contributed by atoms with E-state index < -0.39 is 22.3 Å². The summed E-state index contributed by atoms with van der Waals surface area (Å²) in [6.45, 7) is 1.27. The van der Waals surface area contributed by atoms with E-state index in [1.54, 1.807) is 0 Å². The number of carbonyl (C=O) groups excluding carboxylic acids is 1. The molecule has 0 fully saturated rings. The van der Waals surface area contributed by atoms with Gasteiger partial charge in [0.05, 0.1) is 5.56 Å². The predicted octanol–water partition coefficient (Wildman–Crippen LogP) is 3.44. The highest BCUT2D eigenvalue weighted by atomic mass is 79.9. The highest BCUT2D eigenvalue weighted by molar-refractivity contribution is 9.09. The maximum Gasteiger partial charge on any atom is 0.416 e. The van der Waals surface area contributed by atoms with Crippen molar-refractivity contribution >= 4 is 21.7 Å². The molecule has 1 atom stereocenters. The quantitative estimate of drug-likeness (QED) is 0.849. The Hall–Kier alpha value is -1.04. The van der Waals surface area contributed by atoms with Crippen molar-refractivity contribution in [1.29, 1.82) is 0 Å². The molecular weight excluding hydrogens is 289 g/mol. The zero-order chi connectivity index (χ0) is 12.5. The fraction of sp³-hybridized carbons (Fsp3) is 0.300. The Kier molecular flexibility index (Phi) is 3.62. The molecule has 1 N–H and O–H groups in total. The van der Waals surface area contributed by atoms with Crippen LogP contribution in [-0.4, -0.2) is 10.9 Å². The van der Waals surface area contributed by atoms with Crippen LogP contribution in [0.3, 0.4) is 0 Å². The van der Waals surface area contributed by atoms with E-state index in [9.17, 15) is 23.1 Å². The smallest absolute Gasteiger partial charge is 0.416 e. The topological polar surface area (TPSA) is 37.3 Å². The highest BCUT2D eigenvalue weighted by Crippen LogP contribution is 2.36. The molecular formula is C10H8BrF3O2. The third kappa shape index (κ3) is 2.75. The SMILES string of the molecule is CC(=O)C(Br)c1ccc(C(F)(F)F)cc1O. The number of alkyl halides is 4. The Morgan fingerprint density at radius 2 is 2.00 bits per heavy atom. The van der Waals surface area contributed by atoms with Crippen LogP contribution in [0, 0.1) is 0 Å².